The molecule has 1 aromatic heterocycles. The summed E-state index contributed by atoms with van der Waals surface area (Å²) in [6, 6.07) is 7.61. The van der Waals surface area contributed by atoms with E-state index in [4.69, 9.17) is 0 Å². The van der Waals surface area contributed by atoms with Gasteiger partial charge in [-0.05, 0) is 18.6 Å². The van der Waals surface area contributed by atoms with Gasteiger partial charge in [0.2, 0.25) is 5.91 Å². The van der Waals surface area contributed by atoms with E-state index in [-0.39, 0.29) is 11.9 Å². The fourth-order valence-electron chi connectivity index (χ4n) is 2.39. The van der Waals surface area contributed by atoms with E-state index in [1.54, 1.807) is 6.20 Å². The van der Waals surface area contributed by atoms with E-state index in [1.165, 1.54) is 0 Å². The number of benzene rings is 1. The van der Waals surface area contributed by atoms with E-state index >= 15 is 0 Å². The number of nitrogens with one attached hydrogen (secondary N) is 2. The highest BCUT2D eigenvalue weighted by Gasteiger charge is 2.18. The van der Waals surface area contributed by atoms with Gasteiger partial charge in [0.1, 0.15) is 11.9 Å². The second-order valence-corrected chi connectivity index (χ2v) is 5.06. The van der Waals surface area contributed by atoms with Gasteiger partial charge in [-0.2, -0.15) is 0 Å². The van der Waals surface area contributed by atoms with Gasteiger partial charge < -0.3 is 9.88 Å². The highest BCUT2D eigenvalue weighted by molar-refractivity contribution is 5.97. The second kappa shape index (κ2) is 5.93. The zero-order chi connectivity index (χ0) is 14.7. The van der Waals surface area contributed by atoms with Crippen LogP contribution in [0.25, 0.3) is 0 Å². The van der Waals surface area contributed by atoms with E-state index in [9.17, 15) is 4.79 Å². The van der Waals surface area contributed by atoms with Crippen LogP contribution in [0, 0.1) is 6.92 Å². The Balaban J connectivity index is 1.77. The lowest BCUT2D eigenvalue weighted by atomic mass is 10.1. The van der Waals surface area contributed by atoms with Gasteiger partial charge in [-0.3, -0.25) is 10.1 Å². The molecule has 2 aromatic rings. The lowest BCUT2D eigenvalue weighted by Gasteiger charge is -2.14. The van der Waals surface area contributed by atoms with Crippen molar-refractivity contribution in [1.82, 2.24) is 14.9 Å². The molecular formula is C16H18N4O. The van der Waals surface area contributed by atoms with Crippen molar-refractivity contribution in [2.24, 2.45) is 0 Å². The van der Waals surface area contributed by atoms with Crippen LogP contribution < -0.4 is 10.6 Å². The number of amides is 1. The van der Waals surface area contributed by atoms with Gasteiger partial charge in [0, 0.05) is 24.6 Å². The number of imidazole rings is 1. The maximum Gasteiger partial charge on any atom is 0.245 e. The van der Waals surface area contributed by atoms with Crippen molar-refractivity contribution in [1.29, 1.82) is 0 Å². The van der Waals surface area contributed by atoms with Crippen LogP contribution in [0.2, 0.25) is 0 Å². The Kier molecular flexibility index (Phi) is 3.83. The van der Waals surface area contributed by atoms with E-state index in [0.717, 1.165) is 23.6 Å². The van der Waals surface area contributed by atoms with Crippen LogP contribution in [0.3, 0.4) is 0 Å². The quantitative estimate of drug-likeness (QED) is 0.839. The summed E-state index contributed by atoms with van der Waals surface area (Å²) >= 11 is 0. The average molecular weight is 282 g/mol. The molecule has 2 heterocycles. The molecule has 1 aromatic carbocycles. The topological polar surface area (TPSA) is 59.0 Å². The standard InChI is InChI=1S/C16H18N4O/c1-12-17-9-10-20(12)11-13-5-2-3-6-14(13)19-16(21)15-7-4-8-18-15/h2-7,9-10,15,18H,8,11H2,1H3,(H,19,21). The molecule has 2 N–H and O–H groups in total. The van der Waals surface area contributed by atoms with E-state index < -0.39 is 0 Å². The molecule has 0 aliphatic carbocycles. The van der Waals surface area contributed by atoms with Crippen LogP contribution in [0.1, 0.15) is 11.4 Å². The van der Waals surface area contributed by atoms with Crippen LogP contribution in [-0.2, 0) is 11.3 Å². The zero-order valence-electron chi connectivity index (χ0n) is 11.9. The van der Waals surface area contributed by atoms with Crippen LogP contribution >= 0.6 is 0 Å². The minimum atomic E-state index is -0.243. The highest BCUT2D eigenvalue weighted by Crippen LogP contribution is 2.17. The molecule has 3 rings (SSSR count). The number of aromatic nitrogens is 2. The molecule has 0 saturated carbocycles. The number of hydrogen-bond donors (Lipinski definition) is 2. The summed E-state index contributed by atoms with van der Waals surface area (Å²) in [4.78, 5) is 16.4. The Morgan fingerprint density at radius 2 is 2.33 bits per heavy atom. The van der Waals surface area contributed by atoms with Crippen molar-refractivity contribution in [3.8, 4) is 0 Å². The first kappa shape index (κ1) is 13.6. The van der Waals surface area contributed by atoms with E-state index in [0.29, 0.717) is 6.54 Å². The van der Waals surface area contributed by atoms with E-state index in [2.05, 4.69) is 20.2 Å². The number of carbonyl (C=O) groups excluding carboxylic acids is 1. The fraction of sp³-hybridized carbons (Fsp3) is 0.250. The number of hydrogen-bond acceptors (Lipinski definition) is 3. The Morgan fingerprint density at radius 1 is 1.48 bits per heavy atom. The summed E-state index contributed by atoms with van der Waals surface area (Å²) in [5, 5.41) is 6.11. The third-order valence-electron chi connectivity index (χ3n) is 3.61. The highest BCUT2D eigenvalue weighted by atomic mass is 16.2. The molecule has 1 aliphatic heterocycles. The number of anilines is 1. The molecule has 0 saturated heterocycles. The Labute approximate surface area is 123 Å². The third-order valence-corrected chi connectivity index (χ3v) is 3.61. The van der Waals surface area contributed by atoms with Gasteiger partial charge in [0.15, 0.2) is 0 Å². The van der Waals surface area contributed by atoms with Gasteiger partial charge in [-0.15, -0.1) is 0 Å². The van der Waals surface area contributed by atoms with Crippen LogP contribution in [-0.4, -0.2) is 28.0 Å². The molecule has 0 spiro atoms. The normalized spacial score (nSPS) is 17.1. The molecule has 1 amide bonds. The lowest BCUT2D eigenvalue weighted by Crippen LogP contribution is -2.35. The predicted molar refractivity (Wildman–Crippen MR) is 82.1 cm³/mol. The molecule has 1 aliphatic rings. The van der Waals surface area contributed by atoms with Crippen molar-refractivity contribution in [3.05, 3.63) is 60.2 Å². The number of aryl methyl sites for hydroxylation is 1. The van der Waals surface area contributed by atoms with Gasteiger partial charge in [-0.1, -0.05) is 30.4 Å². The number of rotatable bonds is 4. The zero-order valence-corrected chi connectivity index (χ0v) is 11.9. The van der Waals surface area contributed by atoms with Crippen molar-refractivity contribution < 1.29 is 4.79 Å². The average Bonchev–Trinajstić information content (AvgIpc) is 3.13. The molecule has 0 radical (unpaired) electrons. The first-order valence-corrected chi connectivity index (χ1v) is 7.00. The molecule has 108 valence electrons. The monoisotopic (exact) mass is 282 g/mol. The predicted octanol–water partition coefficient (Wildman–Crippen LogP) is 1.71. The molecule has 5 heteroatoms. The van der Waals surface area contributed by atoms with E-state index in [1.807, 2.05) is 49.5 Å². The number of para-hydroxylation sites is 1. The lowest BCUT2D eigenvalue weighted by molar-refractivity contribution is -0.116. The largest absolute Gasteiger partial charge is 0.331 e. The first-order valence-electron chi connectivity index (χ1n) is 7.00. The van der Waals surface area contributed by atoms with Gasteiger partial charge in [-0.25, -0.2) is 4.98 Å². The van der Waals surface area contributed by atoms with Gasteiger partial charge in [0.25, 0.3) is 0 Å². The maximum atomic E-state index is 12.2. The van der Waals surface area contributed by atoms with Crippen molar-refractivity contribution in [2.45, 2.75) is 19.5 Å². The summed E-state index contributed by atoms with van der Waals surface area (Å²) in [7, 11) is 0. The molecule has 0 fully saturated rings. The summed E-state index contributed by atoms with van der Waals surface area (Å²) in [5.41, 5.74) is 1.91. The summed E-state index contributed by atoms with van der Waals surface area (Å²) in [6.45, 7) is 3.40. The van der Waals surface area contributed by atoms with Gasteiger partial charge >= 0.3 is 0 Å². The smallest absolute Gasteiger partial charge is 0.245 e. The number of nitrogens with zero attached hydrogens (tertiary/aromatic N) is 2. The Hall–Kier alpha value is -2.40. The van der Waals surface area contributed by atoms with Crippen molar-refractivity contribution in [2.75, 3.05) is 11.9 Å². The number of carbonyl (C=O) groups is 1. The summed E-state index contributed by atoms with van der Waals surface area (Å²) in [6.07, 6.45) is 7.57. The molecular weight excluding hydrogens is 264 g/mol. The fourth-order valence-corrected chi connectivity index (χ4v) is 2.39. The van der Waals surface area contributed by atoms with Crippen LogP contribution in [0.4, 0.5) is 5.69 Å². The summed E-state index contributed by atoms with van der Waals surface area (Å²) < 4.78 is 2.05. The molecule has 0 bridgehead atoms. The Bertz CT molecular complexity index is 674. The van der Waals surface area contributed by atoms with Crippen LogP contribution in [0.15, 0.2) is 48.8 Å². The maximum absolute atomic E-state index is 12.2. The SMILES string of the molecule is Cc1nccn1Cc1ccccc1NC(=O)C1C=CCN1. The molecule has 21 heavy (non-hydrogen) atoms. The third kappa shape index (κ3) is 3.03. The first-order chi connectivity index (χ1) is 10.2. The van der Waals surface area contributed by atoms with Crippen molar-refractivity contribution in [3.63, 3.8) is 0 Å². The van der Waals surface area contributed by atoms with Crippen LogP contribution in [0.5, 0.6) is 0 Å². The molecule has 1 unspecified atom stereocenters. The molecule has 1 atom stereocenters. The molecule has 5 nitrogen and oxygen atoms in total. The minimum Gasteiger partial charge on any atom is -0.331 e. The van der Waals surface area contributed by atoms with Crippen molar-refractivity contribution >= 4 is 11.6 Å². The summed E-state index contributed by atoms with van der Waals surface area (Å²) in [5.74, 6) is 0.926. The Morgan fingerprint density at radius 3 is 3.05 bits per heavy atom. The second-order valence-electron chi connectivity index (χ2n) is 5.06. The van der Waals surface area contributed by atoms with Gasteiger partial charge in [0.05, 0.1) is 6.54 Å². The minimum absolute atomic E-state index is 0.0291.